The van der Waals surface area contributed by atoms with Gasteiger partial charge in [0.05, 0.1) is 33.3 Å². The maximum absolute atomic E-state index is 14.1. The first-order valence-corrected chi connectivity index (χ1v) is 12.8. The van der Waals surface area contributed by atoms with E-state index in [9.17, 15) is 9.90 Å². The van der Waals surface area contributed by atoms with Crippen molar-refractivity contribution in [3.05, 3.63) is 71.8 Å². The Morgan fingerprint density at radius 3 is 2.09 bits per heavy atom. The molecule has 33 heavy (non-hydrogen) atoms. The lowest BCUT2D eigenvalue weighted by Crippen LogP contribution is -2.59. The number of piperidine rings is 1. The Balaban J connectivity index is 1.44. The van der Waals surface area contributed by atoms with Crippen LogP contribution in [0.5, 0.6) is 0 Å². The van der Waals surface area contributed by atoms with E-state index < -0.39 is 5.41 Å². The minimum Gasteiger partial charge on any atom is -0.395 e. The van der Waals surface area contributed by atoms with Gasteiger partial charge in [-0.05, 0) is 29.9 Å². The molecule has 1 N–H and O–H groups in total. The molecule has 0 spiro atoms. The molecule has 1 aliphatic carbocycles. The highest BCUT2D eigenvalue weighted by atomic mass is 16.3. The van der Waals surface area contributed by atoms with Gasteiger partial charge in [-0.15, -0.1) is 0 Å². The third-order valence-corrected chi connectivity index (χ3v) is 8.53. The smallest absolute Gasteiger partial charge is 0.235 e. The molecule has 1 amide bonds. The first kappa shape index (κ1) is 24.0. The summed E-state index contributed by atoms with van der Waals surface area (Å²) in [6.07, 6.45) is 7.49. The number of carbonyl (C=O) groups excluding carboxylic acids is 1. The number of nitrogens with zero attached hydrogens (tertiary/aromatic N) is 2. The average Bonchev–Trinajstić information content (AvgIpc) is 3.40. The van der Waals surface area contributed by atoms with Crippen LogP contribution in [-0.2, 0) is 16.6 Å². The van der Waals surface area contributed by atoms with Crippen LogP contribution in [0.1, 0.15) is 49.7 Å². The fourth-order valence-corrected chi connectivity index (χ4v) is 6.27. The molecule has 2 aromatic carbocycles. The summed E-state index contributed by atoms with van der Waals surface area (Å²) < 4.78 is 0.989. The molecule has 1 aliphatic heterocycles. The Hall–Kier alpha value is -2.17. The molecule has 178 valence electrons. The van der Waals surface area contributed by atoms with Crippen molar-refractivity contribution < 1.29 is 14.4 Å². The summed E-state index contributed by atoms with van der Waals surface area (Å²) in [6, 6.07) is 21.4. The van der Waals surface area contributed by atoms with Crippen molar-refractivity contribution in [3.8, 4) is 0 Å². The van der Waals surface area contributed by atoms with Crippen molar-refractivity contribution >= 4 is 5.91 Å². The van der Waals surface area contributed by atoms with E-state index in [0.717, 1.165) is 74.6 Å². The number of aliphatic hydroxyl groups is 1. The molecular formula is C29H41N2O2+. The number of aliphatic hydroxyl groups excluding tert-OH is 1. The number of carbonyl (C=O) groups is 1. The largest absolute Gasteiger partial charge is 0.395 e. The molecular weight excluding hydrogens is 408 g/mol. The SMILES string of the molecule is C[N+](C)(CCc1ccccc1)C1CCN(C(=O)C(CO)(c2ccccc2)C2CCCC2)CC1. The van der Waals surface area contributed by atoms with Crippen LogP contribution in [-0.4, -0.2) is 66.8 Å². The topological polar surface area (TPSA) is 40.5 Å². The van der Waals surface area contributed by atoms with Crippen molar-refractivity contribution in [1.29, 1.82) is 0 Å². The molecule has 2 fully saturated rings. The number of hydrogen-bond acceptors (Lipinski definition) is 2. The molecule has 4 heteroatoms. The van der Waals surface area contributed by atoms with Crippen LogP contribution >= 0.6 is 0 Å². The maximum Gasteiger partial charge on any atom is 0.235 e. The van der Waals surface area contributed by atoms with Crippen molar-refractivity contribution in [2.45, 2.75) is 56.4 Å². The molecule has 0 bridgehead atoms. The van der Waals surface area contributed by atoms with E-state index in [1.807, 2.05) is 30.3 Å². The molecule has 1 atom stereocenters. The Morgan fingerprint density at radius 1 is 0.939 bits per heavy atom. The van der Waals surface area contributed by atoms with E-state index >= 15 is 0 Å². The number of hydrogen-bond donors (Lipinski definition) is 1. The maximum atomic E-state index is 14.1. The van der Waals surface area contributed by atoms with Crippen molar-refractivity contribution in [1.82, 2.24) is 4.90 Å². The number of likely N-dealkylation sites (tertiary alicyclic amines) is 1. The van der Waals surface area contributed by atoms with Gasteiger partial charge < -0.3 is 14.5 Å². The van der Waals surface area contributed by atoms with Crippen molar-refractivity contribution in [2.24, 2.45) is 5.92 Å². The molecule has 1 saturated heterocycles. The van der Waals surface area contributed by atoms with Gasteiger partial charge in [0.2, 0.25) is 5.91 Å². The normalized spacial score (nSPS) is 20.0. The lowest BCUT2D eigenvalue weighted by atomic mass is 9.68. The number of amides is 1. The van der Waals surface area contributed by atoms with Crippen LogP contribution < -0.4 is 0 Å². The highest BCUT2D eigenvalue weighted by molar-refractivity contribution is 5.89. The van der Waals surface area contributed by atoms with Crippen molar-refractivity contribution in [2.75, 3.05) is 40.3 Å². The number of likely N-dealkylation sites (N-methyl/N-ethyl adjacent to an activating group) is 1. The van der Waals surface area contributed by atoms with E-state index in [0.29, 0.717) is 6.04 Å². The highest BCUT2D eigenvalue weighted by Crippen LogP contribution is 2.44. The zero-order chi connectivity index (χ0) is 23.3. The van der Waals surface area contributed by atoms with E-state index in [1.54, 1.807) is 0 Å². The zero-order valence-electron chi connectivity index (χ0n) is 20.5. The quantitative estimate of drug-likeness (QED) is 0.606. The fraction of sp³-hybridized carbons (Fsp3) is 0.552. The van der Waals surface area contributed by atoms with Crippen LogP contribution in [0.25, 0.3) is 0 Å². The first-order chi connectivity index (χ1) is 16.0. The number of benzene rings is 2. The number of rotatable bonds is 8. The van der Waals surface area contributed by atoms with Crippen molar-refractivity contribution in [3.63, 3.8) is 0 Å². The molecule has 0 aromatic heterocycles. The summed E-state index contributed by atoms with van der Waals surface area (Å²) in [4.78, 5) is 16.1. The second-order valence-corrected chi connectivity index (χ2v) is 10.7. The summed E-state index contributed by atoms with van der Waals surface area (Å²) >= 11 is 0. The molecule has 1 unspecified atom stereocenters. The van der Waals surface area contributed by atoms with Gasteiger partial charge in [0.15, 0.2) is 0 Å². The molecule has 4 nitrogen and oxygen atoms in total. The average molecular weight is 450 g/mol. The van der Waals surface area contributed by atoms with Gasteiger partial charge in [-0.3, -0.25) is 4.79 Å². The van der Waals surface area contributed by atoms with Crippen LogP contribution in [0.4, 0.5) is 0 Å². The Bertz CT molecular complexity index is 884. The van der Waals surface area contributed by atoms with Gasteiger partial charge in [0, 0.05) is 32.4 Å². The first-order valence-electron chi connectivity index (χ1n) is 12.8. The van der Waals surface area contributed by atoms with Crippen LogP contribution in [0.15, 0.2) is 60.7 Å². The molecule has 1 heterocycles. The molecule has 4 rings (SSSR count). The summed E-state index contributed by atoms with van der Waals surface area (Å²) in [5.74, 6) is 0.379. The van der Waals surface area contributed by atoms with E-state index in [1.165, 1.54) is 5.56 Å². The highest BCUT2D eigenvalue weighted by Gasteiger charge is 2.50. The van der Waals surface area contributed by atoms with Gasteiger partial charge >= 0.3 is 0 Å². The van der Waals surface area contributed by atoms with Gasteiger partial charge in [0.1, 0.15) is 5.41 Å². The third-order valence-electron chi connectivity index (χ3n) is 8.53. The van der Waals surface area contributed by atoms with E-state index in [2.05, 4.69) is 49.3 Å². The summed E-state index contributed by atoms with van der Waals surface area (Å²) in [5.41, 5.74) is 1.59. The van der Waals surface area contributed by atoms with Gasteiger partial charge in [-0.1, -0.05) is 73.5 Å². The predicted molar refractivity (Wildman–Crippen MR) is 134 cm³/mol. The second-order valence-electron chi connectivity index (χ2n) is 10.7. The van der Waals surface area contributed by atoms with Gasteiger partial charge in [0.25, 0.3) is 0 Å². The Labute approximate surface area is 199 Å². The van der Waals surface area contributed by atoms with Crippen LogP contribution in [0, 0.1) is 5.92 Å². The summed E-state index contributed by atoms with van der Waals surface area (Å²) in [5, 5.41) is 10.7. The minimum absolute atomic E-state index is 0.0981. The minimum atomic E-state index is -0.789. The standard InChI is InChI=1S/C29H41N2O2/c1-31(2,22-19-24-11-5-3-6-12-24)27-17-20-30(21-18-27)28(33)29(23-32,26-15-9-10-16-26)25-13-7-4-8-14-25/h3-8,11-14,26-27,32H,9-10,15-23H2,1-2H3/q+1. The lowest BCUT2D eigenvalue weighted by Gasteiger charge is -2.46. The van der Waals surface area contributed by atoms with Crippen LogP contribution in [0.2, 0.25) is 0 Å². The van der Waals surface area contributed by atoms with Gasteiger partial charge in [-0.25, -0.2) is 0 Å². The molecule has 2 aromatic rings. The Morgan fingerprint density at radius 2 is 1.52 bits per heavy atom. The monoisotopic (exact) mass is 449 g/mol. The molecule has 0 radical (unpaired) electrons. The summed E-state index contributed by atoms with van der Waals surface area (Å²) in [7, 11) is 4.68. The predicted octanol–water partition coefficient (Wildman–Crippen LogP) is 4.42. The summed E-state index contributed by atoms with van der Waals surface area (Å²) in [6.45, 7) is 2.59. The van der Waals surface area contributed by atoms with E-state index in [4.69, 9.17) is 0 Å². The third kappa shape index (κ3) is 5.02. The number of quaternary nitrogens is 1. The van der Waals surface area contributed by atoms with Crippen LogP contribution in [0.3, 0.4) is 0 Å². The zero-order valence-corrected chi connectivity index (χ0v) is 20.5. The Kier molecular flexibility index (Phi) is 7.55. The fourth-order valence-electron chi connectivity index (χ4n) is 6.27. The lowest BCUT2D eigenvalue weighted by molar-refractivity contribution is -0.916. The van der Waals surface area contributed by atoms with Gasteiger partial charge in [-0.2, -0.15) is 0 Å². The van der Waals surface area contributed by atoms with E-state index in [-0.39, 0.29) is 18.4 Å². The second kappa shape index (κ2) is 10.4. The molecule has 2 aliphatic rings. The molecule has 1 saturated carbocycles.